The summed E-state index contributed by atoms with van der Waals surface area (Å²) in [5.41, 5.74) is 0.670. The summed E-state index contributed by atoms with van der Waals surface area (Å²) in [5.74, 6) is -1.68. The van der Waals surface area contributed by atoms with Crippen molar-refractivity contribution in [3.05, 3.63) is 66.0 Å². The molecule has 0 N–H and O–H groups in total. The highest BCUT2D eigenvalue weighted by atomic mass is 16.7. The van der Waals surface area contributed by atoms with Crippen LogP contribution in [0.15, 0.2) is 60.4 Å². The molecule has 0 fully saturated rings. The average molecular weight is 386 g/mol. The molecule has 0 saturated carbocycles. The Kier molecular flexibility index (Phi) is 6.33. The number of esters is 2. The molecular formula is C22H26O6. The topological polar surface area (TPSA) is 71.1 Å². The van der Waals surface area contributed by atoms with Crippen molar-refractivity contribution in [2.24, 2.45) is 0 Å². The number of carbonyl (C=O) groups is 2. The van der Waals surface area contributed by atoms with Crippen LogP contribution in [0.4, 0.5) is 0 Å². The molecule has 28 heavy (non-hydrogen) atoms. The molecule has 0 saturated heterocycles. The van der Waals surface area contributed by atoms with Gasteiger partial charge in [0, 0.05) is 18.1 Å². The summed E-state index contributed by atoms with van der Waals surface area (Å²) in [4.78, 5) is 24.1. The first-order valence-electron chi connectivity index (χ1n) is 8.89. The van der Waals surface area contributed by atoms with Crippen molar-refractivity contribution in [2.45, 2.75) is 52.6 Å². The molecule has 2 rings (SSSR count). The summed E-state index contributed by atoms with van der Waals surface area (Å²) < 4.78 is 22.0. The molecule has 0 spiro atoms. The molecule has 1 aliphatic heterocycles. The minimum absolute atomic E-state index is 0.131. The minimum Gasteiger partial charge on any atom is -0.476 e. The first-order chi connectivity index (χ1) is 13.0. The molecule has 150 valence electrons. The van der Waals surface area contributed by atoms with Gasteiger partial charge >= 0.3 is 11.9 Å². The van der Waals surface area contributed by atoms with Crippen LogP contribution < -0.4 is 4.74 Å². The van der Waals surface area contributed by atoms with Gasteiger partial charge in [-0.2, -0.15) is 0 Å². The van der Waals surface area contributed by atoms with E-state index in [2.05, 4.69) is 6.58 Å². The number of rotatable bonds is 7. The Hall–Kier alpha value is -3.02. The number of allylic oxidation sites excluding steroid dienone is 2. The lowest BCUT2D eigenvalue weighted by Crippen LogP contribution is -2.46. The summed E-state index contributed by atoms with van der Waals surface area (Å²) in [6, 6.07) is 6.91. The number of carbonyl (C=O) groups excluding carboxylic acids is 2. The van der Waals surface area contributed by atoms with Crippen LogP contribution in [0.5, 0.6) is 5.75 Å². The number of ether oxygens (including phenoxy) is 4. The Balaban J connectivity index is 1.98. The van der Waals surface area contributed by atoms with E-state index in [1.807, 2.05) is 13.0 Å². The second-order valence-corrected chi connectivity index (χ2v) is 7.24. The van der Waals surface area contributed by atoms with Gasteiger partial charge in [-0.1, -0.05) is 24.8 Å². The molecule has 1 aromatic rings. The van der Waals surface area contributed by atoms with Gasteiger partial charge in [-0.05, 0) is 51.5 Å². The fraction of sp³-hybridized carbons (Fsp3) is 0.364. The lowest BCUT2D eigenvalue weighted by atomic mass is 10.1. The number of hydrogen-bond acceptors (Lipinski definition) is 6. The second kappa shape index (κ2) is 8.33. The zero-order valence-corrected chi connectivity index (χ0v) is 16.9. The number of hydrogen-bond donors (Lipinski definition) is 0. The molecule has 1 aliphatic rings. The van der Waals surface area contributed by atoms with Gasteiger partial charge in [-0.15, -0.1) is 0 Å². The normalized spacial score (nSPS) is 18.5. The molecule has 1 aromatic carbocycles. The smallest absolute Gasteiger partial charge is 0.353 e. The van der Waals surface area contributed by atoms with Gasteiger partial charge in [0.15, 0.2) is 5.60 Å². The van der Waals surface area contributed by atoms with Crippen molar-refractivity contribution in [3.8, 4) is 5.75 Å². The van der Waals surface area contributed by atoms with E-state index in [9.17, 15) is 9.59 Å². The highest BCUT2D eigenvalue weighted by Crippen LogP contribution is 2.29. The Bertz CT molecular complexity index is 816. The SMILES string of the molecule is C=C(C)C(=O)OCc1ccc(OC(C)(C)C(=O)OC2(C)OC=CC=C2C)cc1. The van der Waals surface area contributed by atoms with Gasteiger partial charge in [0.2, 0.25) is 0 Å². The lowest BCUT2D eigenvalue weighted by Gasteiger charge is -2.34. The molecule has 6 nitrogen and oxygen atoms in total. The van der Waals surface area contributed by atoms with Crippen LogP contribution in [-0.2, 0) is 30.4 Å². The van der Waals surface area contributed by atoms with E-state index >= 15 is 0 Å². The quantitative estimate of drug-likeness (QED) is 0.516. The Labute approximate surface area is 165 Å². The summed E-state index contributed by atoms with van der Waals surface area (Å²) in [6.07, 6.45) is 5.04. The third kappa shape index (κ3) is 5.25. The van der Waals surface area contributed by atoms with Crippen molar-refractivity contribution in [1.82, 2.24) is 0 Å². The van der Waals surface area contributed by atoms with Gasteiger partial charge in [0.1, 0.15) is 12.4 Å². The van der Waals surface area contributed by atoms with Gasteiger partial charge < -0.3 is 18.9 Å². The maximum absolute atomic E-state index is 12.7. The van der Waals surface area contributed by atoms with E-state index in [0.29, 0.717) is 11.3 Å². The summed E-state index contributed by atoms with van der Waals surface area (Å²) in [6.45, 7) is 12.0. The van der Waals surface area contributed by atoms with E-state index in [1.54, 1.807) is 58.0 Å². The predicted molar refractivity (Wildman–Crippen MR) is 104 cm³/mol. The zero-order chi connectivity index (χ0) is 20.9. The third-order valence-electron chi connectivity index (χ3n) is 4.23. The van der Waals surface area contributed by atoms with Crippen LogP contribution in [0.1, 0.15) is 40.2 Å². The molecule has 6 heteroatoms. The summed E-state index contributed by atoms with van der Waals surface area (Å²) in [7, 11) is 0. The molecule has 0 radical (unpaired) electrons. The molecule has 1 atom stereocenters. The molecular weight excluding hydrogens is 360 g/mol. The maximum atomic E-state index is 12.7. The number of benzene rings is 1. The summed E-state index contributed by atoms with van der Waals surface area (Å²) in [5, 5.41) is 0. The van der Waals surface area contributed by atoms with E-state index in [0.717, 1.165) is 11.1 Å². The van der Waals surface area contributed by atoms with Gasteiger partial charge in [0.05, 0.1) is 6.26 Å². The molecule has 1 heterocycles. The Morgan fingerprint density at radius 1 is 1.21 bits per heavy atom. The standard InChI is InChI=1S/C22H26O6/c1-15(2)19(23)25-14-17-9-11-18(12-10-17)27-21(4,5)20(24)28-22(6)16(3)8-7-13-26-22/h7-13H,1,14H2,2-6H3. The minimum atomic E-state index is -1.23. The van der Waals surface area contributed by atoms with Gasteiger partial charge in [0.25, 0.3) is 5.79 Å². The predicted octanol–water partition coefficient (Wildman–Crippen LogP) is 4.21. The average Bonchev–Trinajstić information content (AvgIpc) is 2.63. The molecule has 1 unspecified atom stereocenters. The van der Waals surface area contributed by atoms with Crippen molar-refractivity contribution < 1.29 is 28.5 Å². The molecule has 0 amide bonds. The van der Waals surface area contributed by atoms with Crippen LogP contribution in [0.3, 0.4) is 0 Å². The van der Waals surface area contributed by atoms with Gasteiger partial charge in [-0.25, -0.2) is 9.59 Å². The van der Waals surface area contributed by atoms with E-state index in [-0.39, 0.29) is 6.61 Å². The van der Waals surface area contributed by atoms with Crippen molar-refractivity contribution in [1.29, 1.82) is 0 Å². The van der Waals surface area contributed by atoms with Crippen LogP contribution in [0.25, 0.3) is 0 Å². The van der Waals surface area contributed by atoms with Crippen LogP contribution in [-0.4, -0.2) is 23.3 Å². The lowest BCUT2D eigenvalue weighted by molar-refractivity contribution is -0.205. The summed E-state index contributed by atoms with van der Waals surface area (Å²) >= 11 is 0. The van der Waals surface area contributed by atoms with Crippen LogP contribution in [0.2, 0.25) is 0 Å². The van der Waals surface area contributed by atoms with Crippen molar-refractivity contribution >= 4 is 11.9 Å². The maximum Gasteiger partial charge on any atom is 0.353 e. The molecule has 0 aliphatic carbocycles. The third-order valence-corrected chi connectivity index (χ3v) is 4.23. The first kappa shape index (κ1) is 21.3. The van der Waals surface area contributed by atoms with Crippen LogP contribution >= 0.6 is 0 Å². The first-order valence-corrected chi connectivity index (χ1v) is 8.89. The monoisotopic (exact) mass is 386 g/mol. The van der Waals surface area contributed by atoms with Crippen LogP contribution in [0, 0.1) is 0 Å². The van der Waals surface area contributed by atoms with E-state index < -0.39 is 23.3 Å². The highest BCUT2D eigenvalue weighted by molar-refractivity contribution is 5.86. The fourth-order valence-electron chi connectivity index (χ4n) is 2.26. The van der Waals surface area contributed by atoms with Crippen molar-refractivity contribution in [3.63, 3.8) is 0 Å². The zero-order valence-electron chi connectivity index (χ0n) is 16.9. The Morgan fingerprint density at radius 3 is 2.43 bits per heavy atom. The largest absolute Gasteiger partial charge is 0.476 e. The molecule has 0 bridgehead atoms. The fourth-order valence-corrected chi connectivity index (χ4v) is 2.26. The molecule has 0 aromatic heterocycles. The van der Waals surface area contributed by atoms with Gasteiger partial charge in [-0.3, -0.25) is 0 Å². The van der Waals surface area contributed by atoms with Crippen molar-refractivity contribution in [2.75, 3.05) is 0 Å². The highest BCUT2D eigenvalue weighted by Gasteiger charge is 2.40. The second-order valence-electron chi connectivity index (χ2n) is 7.24. The Morgan fingerprint density at radius 2 is 1.86 bits per heavy atom. The van der Waals surface area contributed by atoms with E-state index in [4.69, 9.17) is 18.9 Å². The van der Waals surface area contributed by atoms with E-state index in [1.165, 1.54) is 6.26 Å².